The Morgan fingerprint density at radius 1 is 1.08 bits per heavy atom. The maximum absolute atomic E-state index is 6.21. The zero-order chi connectivity index (χ0) is 16.4. The van der Waals surface area contributed by atoms with Crippen LogP contribution in [0.3, 0.4) is 0 Å². The number of anilines is 1. The molecule has 1 aliphatic carbocycles. The molecule has 0 amide bonds. The van der Waals surface area contributed by atoms with E-state index in [4.69, 9.17) is 16.3 Å². The lowest BCUT2D eigenvalue weighted by Gasteiger charge is -2.35. The molecular weight excluding hydrogens is 324 g/mol. The van der Waals surface area contributed by atoms with Crippen molar-refractivity contribution in [3.05, 3.63) is 41.4 Å². The standard InChI is InChI=1S/C18H21ClN4O/c19-15-4-2-1-3-14(15)16-5-6-17(22-21-16)20-13-18(7-8-18)23-9-11-24-12-10-23/h1-6H,7-13H2,(H,20,22). The molecule has 2 aromatic rings. The van der Waals surface area contributed by atoms with E-state index < -0.39 is 0 Å². The molecule has 1 saturated carbocycles. The minimum absolute atomic E-state index is 0.285. The second-order valence-electron chi connectivity index (χ2n) is 6.46. The van der Waals surface area contributed by atoms with Crippen LogP contribution < -0.4 is 5.32 Å². The van der Waals surface area contributed by atoms with E-state index in [0.717, 1.165) is 49.9 Å². The van der Waals surface area contributed by atoms with Crippen LogP contribution in [-0.4, -0.2) is 53.5 Å². The van der Waals surface area contributed by atoms with Crippen molar-refractivity contribution in [2.45, 2.75) is 18.4 Å². The van der Waals surface area contributed by atoms with Crippen LogP contribution in [0, 0.1) is 0 Å². The fourth-order valence-electron chi connectivity index (χ4n) is 3.28. The molecule has 0 atom stereocenters. The first-order valence-electron chi connectivity index (χ1n) is 8.42. The summed E-state index contributed by atoms with van der Waals surface area (Å²) in [5, 5.41) is 12.8. The van der Waals surface area contributed by atoms with Gasteiger partial charge in [-0.25, -0.2) is 0 Å². The Kier molecular flexibility index (Phi) is 4.39. The van der Waals surface area contributed by atoms with Crippen molar-refractivity contribution < 1.29 is 4.74 Å². The summed E-state index contributed by atoms with van der Waals surface area (Å²) < 4.78 is 5.46. The zero-order valence-corrected chi connectivity index (χ0v) is 14.3. The second-order valence-corrected chi connectivity index (χ2v) is 6.87. The van der Waals surface area contributed by atoms with Crippen LogP contribution in [0.2, 0.25) is 5.02 Å². The van der Waals surface area contributed by atoms with Crippen LogP contribution in [0.25, 0.3) is 11.3 Å². The molecule has 1 aliphatic heterocycles. The van der Waals surface area contributed by atoms with E-state index in [9.17, 15) is 0 Å². The van der Waals surface area contributed by atoms with E-state index in [-0.39, 0.29) is 5.54 Å². The normalized spacial score (nSPS) is 19.9. The van der Waals surface area contributed by atoms with Gasteiger partial charge in [-0.15, -0.1) is 10.2 Å². The maximum atomic E-state index is 6.21. The SMILES string of the molecule is Clc1ccccc1-c1ccc(NCC2(N3CCOCC3)CC2)nn1. The van der Waals surface area contributed by atoms with Gasteiger partial charge >= 0.3 is 0 Å². The number of morpholine rings is 1. The quantitative estimate of drug-likeness (QED) is 0.903. The molecule has 1 saturated heterocycles. The van der Waals surface area contributed by atoms with Gasteiger partial charge in [0.25, 0.3) is 0 Å². The van der Waals surface area contributed by atoms with Crippen molar-refractivity contribution in [2.24, 2.45) is 0 Å². The van der Waals surface area contributed by atoms with Crippen LogP contribution in [0.4, 0.5) is 5.82 Å². The number of hydrogen-bond donors (Lipinski definition) is 1. The molecule has 2 fully saturated rings. The Morgan fingerprint density at radius 2 is 1.88 bits per heavy atom. The van der Waals surface area contributed by atoms with Gasteiger partial charge in [-0.3, -0.25) is 4.90 Å². The van der Waals surface area contributed by atoms with Crippen molar-refractivity contribution in [3.63, 3.8) is 0 Å². The fraction of sp³-hybridized carbons (Fsp3) is 0.444. The Hall–Kier alpha value is -1.69. The van der Waals surface area contributed by atoms with Crippen molar-refractivity contribution >= 4 is 17.4 Å². The minimum atomic E-state index is 0.285. The molecular formula is C18H21ClN4O. The Labute approximate surface area is 147 Å². The molecule has 24 heavy (non-hydrogen) atoms. The predicted molar refractivity (Wildman–Crippen MR) is 95.3 cm³/mol. The van der Waals surface area contributed by atoms with Crippen molar-refractivity contribution in [2.75, 3.05) is 38.2 Å². The van der Waals surface area contributed by atoms with Gasteiger partial charge in [-0.1, -0.05) is 29.8 Å². The lowest BCUT2D eigenvalue weighted by Crippen LogP contribution is -2.48. The molecule has 5 nitrogen and oxygen atoms in total. The number of aromatic nitrogens is 2. The number of hydrogen-bond acceptors (Lipinski definition) is 5. The van der Waals surface area contributed by atoms with E-state index in [1.807, 2.05) is 36.4 Å². The summed E-state index contributed by atoms with van der Waals surface area (Å²) in [5.41, 5.74) is 1.98. The first kappa shape index (κ1) is 15.8. The van der Waals surface area contributed by atoms with Crippen LogP contribution in [0.1, 0.15) is 12.8 Å². The highest BCUT2D eigenvalue weighted by molar-refractivity contribution is 6.33. The highest BCUT2D eigenvalue weighted by atomic mass is 35.5. The summed E-state index contributed by atoms with van der Waals surface area (Å²) in [4.78, 5) is 2.55. The summed E-state index contributed by atoms with van der Waals surface area (Å²) in [7, 11) is 0. The lowest BCUT2D eigenvalue weighted by molar-refractivity contribution is 0.0125. The summed E-state index contributed by atoms with van der Waals surface area (Å²) >= 11 is 6.21. The molecule has 2 aliphatic rings. The van der Waals surface area contributed by atoms with Crippen LogP contribution in [0.5, 0.6) is 0 Å². The number of benzene rings is 1. The Bertz CT molecular complexity index is 696. The third kappa shape index (κ3) is 3.24. The average molecular weight is 345 g/mol. The summed E-state index contributed by atoms with van der Waals surface area (Å²) in [6, 6.07) is 11.6. The van der Waals surface area contributed by atoms with Gasteiger partial charge in [0.1, 0.15) is 5.82 Å². The number of rotatable bonds is 5. The highest BCUT2D eigenvalue weighted by Gasteiger charge is 2.47. The molecule has 126 valence electrons. The molecule has 0 bridgehead atoms. The van der Waals surface area contributed by atoms with Crippen LogP contribution in [-0.2, 0) is 4.74 Å². The largest absolute Gasteiger partial charge is 0.379 e. The maximum Gasteiger partial charge on any atom is 0.148 e. The Balaban J connectivity index is 1.40. The van der Waals surface area contributed by atoms with Crippen LogP contribution in [0.15, 0.2) is 36.4 Å². The van der Waals surface area contributed by atoms with E-state index in [1.54, 1.807) is 0 Å². The molecule has 4 rings (SSSR count). The molecule has 0 unspecified atom stereocenters. The molecule has 6 heteroatoms. The summed E-state index contributed by atoms with van der Waals surface area (Å²) in [6.07, 6.45) is 2.48. The number of ether oxygens (including phenoxy) is 1. The minimum Gasteiger partial charge on any atom is -0.379 e. The smallest absolute Gasteiger partial charge is 0.148 e. The van der Waals surface area contributed by atoms with Gasteiger partial charge in [-0.05, 0) is 31.0 Å². The van der Waals surface area contributed by atoms with Gasteiger partial charge in [-0.2, -0.15) is 0 Å². The van der Waals surface area contributed by atoms with Gasteiger partial charge in [0.05, 0.1) is 23.9 Å². The fourth-order valence-corrected chi connectivity index (χ4v) is 3.51. The highest BCUT2D eigenvalue weighted by Crippen LogP contribution is 2.42. The van der Waals surface area contributed by atoms with Crippen molar-refractivity contribution in [1.29, 1.82) is 0 Å². The second kappa shape index (κ2) is 6.67. The first-order valence-corrected chi connectivity index (χ1v) is 8.80. The molecule has 0 spiro atoms. The molecule has 1 aromatic heterocycles. The third-order valence-corrected chi connectivity index (χ3v) is 5.25. The monoisotopic (exact) mass is 344 g/mol. The van der Waals surface area contributed by atoms with Gasteiger partial charge in [0, 0.05) is 30.7 Å². The van der Waals surface area contributed by atoms with Crippen LogP contribution >= 0.6 is 11.6 Å². The van der Waals surface area contributed by atoms with Gasteiger partial charge in [0.15, 0.2) is 0 Å². The van der Waals surface area contributed by atoms with E-state index in [0.29, 0.717) is 5.02 Å². The number of halogens is 1. The van der Waals surface area contributed by atoms with Crippen molar-refractivity contribution in [1.82, 2.24) is 15.1 Å². The Morgan fingerprint density at radius 3 is 2.54 bits per heavy atom. The zero-order valence-electron chi connectivity index (χ0n) is 13.5. The predicted octanol–water partition coefficient (Wildman–Crippen LogP) is 3.07. The van der Waals surface area contributed by atoms with E-state index in [2.05, 4.69) is 20.4 Å². The summed E-state index contributed by atoms with van der Waals surface area (Å²) in [5.74, 6) is 0.810. The molecule has 2 heterocycles. The first-order chi connectivity index (χ1) is 11.8. The van der Waals surface area contributed by atoms with Gasteiger partial charge in [0.2, 0.25) is 0 Å². The lowest BCUT2D eigenvalue weighted by atomic mass is 10.1. The molecule has 1 aromatic carbocycles. The van der Waals surface area contributed by atoms with E-state index >= 15 is 0 Å². The average Bonchev–Trinajstić information content (AvgIpc) is 3.43. The van der Waals surface area contributed by atoms with Crippen molar-refractivity contribution in [3.8, 4) is 11.3 Å². The molecule has 1 N–H and O–H groups in total. The number of nitrogens with one attached hydrogen (secondary N) is 1. The third-order valence-electron chi connectivity index (χ3n) is 4.92. The van der Waals surface area contributed by atoms with E-state index in [1.165, 1.54) is 12.8 Å². The molecule has 0 radical (unpaired) electrons. The van der Waals surface area contributed by atoms with Gasteiger partial charge < -0.3 is 10.1 Å². The summed E-state index contributed by atoms with van der Waals surface area (Å²) in [6.45, 7) is 4.65. The topological polar surface area (TPSA) is 50.3 Å². The number of nitrogens with zero attached hydrogens (tertiary/aromatic N) is 3.